The Kier molecular flexibility index (Phi) is 6.14. The van der Waals surface area contributed by atoms with Crippen LogP contribution in [0.4, 0.5) is 96.6 Å². The van der Waals surface area contributed by atoms with E-state index in [1.54, 1.807) is 0 Å². The van der Waals surface area contributed by atoms with Crippen LogP contribution in [0.25, 0.3) is 0 Å². The third-order valence-corrected chi connectivity index (χ3v) is 4.19. The summed E-state index contributed by atoms with van der Waals surface area (Å²) in [5.74, 6) is -67.8. The molecule has 34 heavy (non-hydrogen) atoms. The van der Waals surface area contributed by atoms with Crippen LogP contribution in [-0.4, -0.2) is 59.7 Å². The van der Waals surface area contributed by atoms with Gasteiger partial charge in [-0.3, -0.25) is 0 Å². The van der Waals surface area contributed by atoms with Crippen LogP contribution in [0.3, 0.4) is 0 Å². The van der Waals surface area contributed by atoms with Crippen molar-refractivity contribution in [3.63, 3.8) is 0 Å². The van der Waals surface area contributed by atoms with Crippen molar-refractivity contribution in [2.45, 2.75) is 59.7 Å². The molecule has 0 unspecified atom stereocenters. The van der Waals surface area contributed by atoms with E-state index in [1.807, 2.05) is 0 Å². The van der Waals surface area contributed by atoms with E-state index in [2.05, 4.69) is 0 Å². The lowest BCUT2D eigenvalue weighted by Gasteiger charge is -2.48. The maximum absolute atomic E-state index is 13.7. The first-order chi connectivity index (χ1) is 14.2. The van der Waals surface area contributed by atoms with Gasteiger partial charge < -0.3 is 0 Å². The molecule has 0 saturated heterocycles. The summed E-state index contributed by atoms with van der Waals surface area (Å²) in [6.07, 6.45) is -16.1. The second-order valence-corrected chi connectivity index (χ2v) is 6.34. The number of alkyl halides is 22. The van der Waals surface area contributed by atoms with Gasteiger partial charge in [-0.1, -0.05) is 0 Å². The average Bonchev–Trinajstić information content (AvgIpc) is 2.54. The van der Waals surface area contributed by atoms with Crippen LogP contribution >= 0.6 is 0 Å². The number of rotatable bonds is 4. The van der Waals surface area contributed by atoms with Gasteiger partial charge in [0.15, 0.2) is 0 Å². The van der Waals surface area contributed by atoms with E-state index in [9.17, 15) is 96.6 Å². The van der Waals surface area contributed by atoms with Crippen LogP contribution in [0.1, 0.15) is 0 Å². The van der Waals surface area contributed by atoms with Crippen LogP contribution < -0.4 is 0 Å². The van der Waals surface area contributed by atoms with Crippen LogP contribution in [0, 0.1) is 0 Å². The van der Waals surface area contributed by atoms with Crippen molar-refractivity contribution in [1.82, 2.24) is 0 Å². The fourth-order valence-electron chi connectivity index (χ4n) is 2.40. The Labute approximate surface area is 169 Å². The maximum Gasteiger partial charge on any atom is 0.460 e. The zero-order chi connectivity index (χ0) is 28.2. The van der Waals surface area contributed by atoms with E-state index in [0.717, 1.165) is 0 Å². The summed E-state index contributed by atoms with van der Waals surface area (Å²) in [6, 6.07) is 0. The normalized spacial score (nSPS) is 23.8. The average molecular weight is 562 g/mol. The first-order valence-electron chi connectivity index (χ1n) is 7.16. The molecular weight excluding hydrogens is 562 g/mol. The molecule has 1 aliphatic rings. The Hall–Kier alpha value is -1.80. The highest BCUT2D eigenvalue weighted by Gasteiger charge is 2.94. The lowest BCUT2D eigenvalue weighted by Crippen LogP contribution is -2.73. The topological polar surface area (TPSA) is 0 Å². The van der Waals surface area contributed by atoms with E-state index in [4.69, 9.17) is 0 Å². The molecule has 0 fully saturated rings. The first kappa shape index (κ1) is 30.2. The van der Waals surface area contributed by atoms with Gasteiger partial charge in [-0.25, -0.2) is 0 Å². The largest absolute Gasteiger partial charge is 0.460 e. The number of halogens is 22. The van der Waals surface area contributed by atoms with Gasteiger partial charge in [-0.2, -0.15) is 96.6 Å². The molecule has 1 rings (SSSR count). The minimum atomic E-state index is -8.67. The molecule has 0 aliphatic heterocycles. The molecule has 22 heteroatoms. The van der Waals surface area contributed by atoms with Gasteiger partial charge in [0.2, 0.25) is 0 Å². The monoisotopic (exact) mass is 562 g/mol. The van der Waals surface area contributed by atoms with Crippen LogP contribution in [-0.2, 0) is 0 Å². The first-order valence-corrected chi connectivity index (χ1v) is 7.16. The third-order valence-electron chi connectivity index (χ3n) is 4.19. The summed E-state index contributed by atoms with van der Waals surface area (Å²) in [5.41, 5.74) is -12.3. The maximum atomic E-state index is 13.7. The van der Waals surface area contributed by atoms with E-state index < -0.39 is 70.9 Å². The highest BCUT2D eigenvalue weighted by atomic mass is 19.4. The Bertz CT molecular complexity index is 776. The SMILES string of the molecule is FC(F)(F)C(F)(F)C(F)(F)C1=C(C(F)(F)C(F)(F)C(F)(F)F)C(F)(F)C(F)(F)C(F)(F)C1(F)F. The fraction of sp³-hybridized carbons (Fsp3) is 0.833. The molecule has 0 atom stereocenters. The summed E-state index contributed by atoms with van der Waals surface area (Å²) in [4.78, 5) is 0. The number of allylic oxidation sites excluding steroid dienone is 2. The molecule has 0 aromatic carbocycles. The molecule has 0 bridgehead atoms. The summed E-state index contributed by atoms with van der Waals surface area (Å²) >= 11 is 0. The summed E-state index contributed by atoms with van der Waals surface area (Å²) in [7, 11) is 0. The van der Waals surface area contributed by atoms with E-state index >= 15 is 0 Å². The van der Waals surface area contributed by atoms with Gasteiger partial charge in [-0.15, -0.1) is 0 Å². The molecule has 1 aliphatic carbocycles. The molecule has 0 N–H and O–H groups in total. The second kappa shape index (κ2) is 6.90. The molecule has 0 aromatic rings. The number of hydrogen-bond acceptors (Lipinski definition) is 0. The van der Waals surface area contributed by atoms with Gasteiger partial charge in [-0.05, 0) is 0 Å². The van der Waals surface area contributed by atoms with E-state index in [0.29, 0.717) is 0 Å². The molecule has 0 radical (unpaired) electrons. The van der Waals surface area contributed by atoms with Crippen molar-refractivity contribution in [3.8, 4) is 0 Å². The van der Waals surface area contributed by atoms with E-state index in [-0.39, 0.29) is 0 Å². The van der Waals surface area contributed by atoms with Crippen molar-refractivity contribution in [3.05, 3.63) is 11.1 Å². The fourth-order valence-corrected chi connectivity index (χ4v) is 2.40. The van der Waals surface area contributed by atoms with Crippen molar-refractivity contribution in [1.29, 1.82) is 0 Å². The van der Waals surface area contributed by atoms with Crippen LogP contribution in [0.5, 0.6) is 0 Å². The van der Waals surface area contributed by atoms with Crippen molar-refractivity contribution >= 4 is 0 Å². The lowest BCUT2D eigenvalue weighted by molar-refractivity contribution is -0.397. The van der Waals surface area contributed by atoms with Gasteiger partial charge in [0.1, 0.15) is 0 Å². The molecule has 0 spiro atoms. The molecule has 202 valence electrons. The van der Waals surface area contributed by atoms with Gasteiger partial charge in [0.25, 0.3) is 0 Å². The highest BCUT2D eigenvalue weighted by molar-refractivity contribution is 5.48. The van der Waals surface area contributed by atoms with Crippen LogP contribution in [0.15, 0.2) is 11.1 Å². The predicted octanol–water partition coefficient (Wildman–Crippen LogP) is 7.50. The Balaban J connectivity index is 4.56. The summed E-state index contributed by atoms with van der Waals surface area (Å²) in [6.45, 7) is 0. The number of hydrogen-bond donors (Lipinski definition) is 0. The molecule has 0 heterocycles. The van der Waals surface area contributed by atoms with Gasteiger partial charge in [0, 0.05) is 0 Å². The van der Waals surface area contributed by atoms with Crippen molar-refractivity contribution in [2.75, 3.05) is 0 Å². The van der Waals surface area contributed by atoms with Crippen molar-refractivity contribution < 1.29 is 96.6 Å². The van der Waals surface area contributed by atoms with Gasteiger partial charge >= 0.3 is 59.7 Å². The lowest BCUT2D eigenvalue weighted by atomic mass is 9.73. The molecule has 0 amide bonds. The third kappa shape index (κ3) is 3.24. The zero-order valence-corrected chi connectivity index (χ0v) is 14.3. The Morgan fingerprint density at radius 3 is 0.676 bits per heavy atom. The minimum Gasteiger partial charge on any atom is -0.194 e. The van der Waals surface area contributed by atoms with Gasteiger partial charge in [0.05, 0.1) is 11.1 Å². The molecule has 0 aromatic heterocycles. The Morgan fingerprint density at radius 2 is 0.529 bits per heavy atom. The second-order valence-electron chi connectivity index (χ2n) is 6.34. The van der Waals surface area contributed by atoms with Crippen molar-refractivity contribution in [2.24, 2.45) is 0 Å². The predicted molar refractivity (Wildman–Crippen MR) is 58.7 cm³/mol. The quantitative estimate of drug-likeness (QED) is 0.246. The zero-order valence-electron chi connectivity index (χ0n) is 14.3. The smallest absolute Gasteiger partial charge is 0.194 e. The molecule has 0 saturated carbocycles. The molecular formula is C12F22. The minimum absolute atomic E-state index is 6.13. The van der Waals surface area contributed by atoms with E-state index in [1.165, 1.54) is 0 Å². The Morgan fingerprint density at radius 1 is 0.353 bits per heavy atom. The van der Waals surface area contributed by atoms with Crippen LogP contribution in [0.2, 0.25) is 0 Å². The standard InChI is InChI=1S/C12F22/c13-3(14)1(5(17,18)9(25,26)11(29,30)31)2(4(15,16)8(23,24)7(3,21)22)6(19,20)10(27,28)12(32,33)34. The summed E-state index contributed by atoms with van der Waals surface area (Å²) < 4.78 is 288. The molecule has 0 nitrogen and oxygen atoms in total. The summed E-state index contributed by atoms with van der Waals surface area (Å²) in [5, 5.41) is 0. The highest BCUT2D eigenvalue weighted by Crippen LogP contribution is 2.70.